The maximum atomic E-state index is 12.1. The Hall–Kier alpha value is -3.86. The Labute approximate surface area is 220 Å². The van der Waals surface area contributed by atoms with E-state index in [2.05, 4.69) is 24.3 Å². The third kappa shape index (κ3) is 9.60. The third-order valence-electron chi connectivity index (χ3n) is 6.18. The first kappa shape index (κ1) is 27.7. The molecule has 0 aliphatic heterocycles. The molecule has 3 aromatic rings. The van der Waals surface area contributed by atoms with Crippen molar-refractivity contribution in [3.8, 4) is 5.75 Å². The van der Waals surface area contributed by atoms with Crippen LogP contribution in [0.4, 0.5) is 0 Å². The molecule has 0 N–H and O–H groups in total. The minimum Gasteiger partial charge on any atom is -0.493 e. The van der Waals surface area contributed by atoms with Crippen molar-refractivity contribution in [2.75, 3.05) is 20.8 Å². The Balaban J connectivity index is 1.59. The molecule has 0 aliphatic rings. The Morgan fingerprint density at radius 3 is 2.35 bits per heavy atom. The van der Waals surface area contributed by atoms with Crippen LogP contribution in [-0.2, 0) is 27.1 Å². The van der Waals surface area contributed by atoms with Gasteiger partial charge in [0.05, 0.1) is 32.8 Å². The van der Waals surface area contributed by atoms with Crippen molar-refractivity contribution in [3.05, 3.63) is 107 Å². The molecule has 0 bridgehead atoms. The van der Waals surface area contributed by atoms with E-state index >= 15 is 0 Å². The van der Waals surface area contributed by atoms with Crippen LogP contribution in [0.1, 0.15) is 52.7 Å². The van der Waals surface area contributed by atoms with Crippen LogP contribution in [0.25, 0.3) is 6.08 Å². The number of carbonyl (C=O) groups is 2. The van der Waals surface area contributed by atoms with Crippen LogP contribution in [0, 0.1) is 5.92 Å². The maximum Gasteiger partial charge on any atom is 0.337 e. The van der Waals surface area contributed by atoms with Crippen molar-refractivity contribution >= 4 is 18.0 Å². The van der Waals surface area contributed by atoms with Gasteiger partial charge in [0.1, 0.15) is 5.75 Å². The SMILES string of the molecule is COC(=O)CC(/C=C/c1ccccc1OCCCCCc1ccccc1)Cc1cccc(C(=O)OC)c1. The zero-order valence-corrected chi connectivity index (χ0v) is 21.7. The summed E-state index contributed by atoms with van der Waals surface area (Å²) in [6.07, 6.45) is 9.17. The summed E-state index contributed by atoms with van der Waals surface area (Å²) in [6, 6.07) is 25.8. The highest BCUT2D eigenvalue weighted by Gasteiger charge is 2.14. The molecule has 37 heavy (non-hydrogen) atoms. The molecule has 1 atom stereocenters. The van der Waals surface area contributed by atoms with Gasteiger partial charge in [0.15, 0.2) is 0 Å². The molecule has 0 radical (unpaired) electrons. The van der Waals surface area contributed by atoms with Gasteiger partial charge < -0.3 is 14.2 Å². The molecule has 194 valence electrons. The van der Waals surface area contributed by atoms with E-state index in [1.165, 1.54) is 19.8 Å². The highest BCUT2D eigenvalue weighted by molar-refractivity contribution is 5.89. The van der Waals surface area contributed by atoms with Gasteiger partial charge >= 0.3 is 11.9 Å². The van der Waals surface area contributed by atoms with Crippen molar-refractivity contribution in [3.63, 3.8) is 0 Å². The summed E-state index contributed by atoms with van der Waals surface area (Å²) in [5.41, 5.74) is 3.77. The largest absolute Gasteiger partial charge is 0.493 e. The van der Waals surface area contributed by atoms with Gasteiger partial charge in [-0.05, 0) is 67.3 Å². The van der Waals surface area contributed by atoms with Gasteiger partial charge in [0.25, 0.3) is 0 Å². The van der Waals surface area contributed by atoms with Gasteiger partial charge in [-0.1, -0.05) is 72.8 Å². The van der Waals surface area contributed by atoms with Gasteiger partial charge in [-0.25, -0.2) is 4.79 Å². The van der Waals surface area contributed by atoms with E-state index in [1.807, 2.05) is 54.6 Å². The Bertz CT molecular complexity index is 1150. The lowest BCUT2D eigenvalue weighted by atomic mass is 9.94. The van der Waals surface area contributed by atoms with Crippen LogP contribution in [0.3, 0.4) is 0 Å². The first-order chi connectivity index (χ1) is 18.1. The van der Waals surface area contributed by atoms with Crippen LogP contribution in [-0.4, -0.2) is 32.8 Å². The third-order valence-corrected chi connectivity index (χ3v) is 6.18. The second-order valence-corrected chi connectivity index (χ2v) is 8.98. The molecule has 0 spiro atoms. The van der Waals surface area contributed by atoms with Crippen LogP contribution in [0.15, 0.2) is 84.9 Å². The highest BCUT2D eigenvalue weighted by atomic mass is 16.5. The molecule has 0 aliphatic carbocycles. The number of ether oxygens (including phenoxy) is 3. The van der Waals surface area contributed by atoms with E-state index < -0.39 is 0 Å². The average molecular weight is 501 g/mol. The first-order valence-electron chi connectivity index (χ1n) is 12.8. The van der Waals surface area contributed by atoms with Crippen molar-refractivity contribution in [2.24, 2.45) is 5.92 Å². The molecule has 5 nitrogen and oxygen atoms in total. The molecule has 0 saturated carbocycles. The number of unbranched alkanes of at least 4 members (excludes halogenated alkanes) is 2. The van der Waals surface area contributed by atoms with E-state index in [9.17, 15) is 9.59 Å². The van der Waals surface area contributed by atoms with Crippen molar-refractivity contribution in [1.29, 1.82) is 0 Å². The molecular weight excluding hydrogens is 464 g/mol. The number of rotatable bonds is 14. The fraction of sp³-hybridized carbons (Fsp3) is 0.312. The molecule has 0 heterocycles. The Morgan fingerprint density at radius 1 is 0.811 bits per heavy atom. The lowest BCUT2D eigenvalue weighted by Crippen LogP contribution is -2.11. The zero-order chi connectivity index (χ0) is 26.3. The summed E-state index contributed by atoms with van der Waals surface area (Å²) in [5, 5.41) is 0. The predicted molar refractivity (Wildman–Crippen MR) is 147 cm³/mol. The van der Waals surface area contributed by atoms with Crippen LogP contribution in [0.5, 0.6) is 5.75 Å². The summed E-state index contributed by atoms with van der Waals surface area (Å²) in [5.74, 6) is 0.0598. The van der Waals surface area contributed by atoms with Gasteiger partial charge in [-0.15, -0.1) is 0 Å². The summed E-state index contributed by atoms with van der Waals surface area (Å²) >= 11 is 0. The fourth-order valence-corrected chi connectivity index (χ4v) is 4.18. The van der Waals surface area contributed by atoms with E-state index in [0.717, 1.165) is 42.6 Å². The van der Waals surface area contributed by atoms with Gasteiger partial charge in [0.2, 0.25) is 0 Å². The Morgan fingerprint density at radius 2 is 1.57 bits per heavy atom. The first-order valence-corrected chi connectivity index (χ1v) is 12.8. The normalized spacial score (nSPS) is 11.7. The van der Waals surface area contributed by atoms with Crippen molar-refractivity contribution in [2.45, 2.75) is 38.5 Å². The summed E-state index contributed by atoms with van der Waals surface area (Å²) in [6.45, 7) is 0.658. The number of benzene rings is 3. The van der Waals surface area contributed by atoms with Crippen molar-refractivity contribution in [1.82, 2.24) is 0 Å². The van der Waals surface area contributed by atoms with Gasteiger partial charge in [-0.2, -0.15) is 0 Å². The van der Waals surface area contributed by atoms with Crippen molar-refractivity contribution < 1.29 is 23.8 Å². The standard InChI is InChI=1S/C32H36O5/c1-35-31(33)24-27(22-26-15-11-17-29(23-26)32(34)36-2)19-20-28-16-8-9-18-30(28)37-21-10-4-7-14-25-12-5-3-6-13-25/h3,5-6,8-9,11-13,15-20,23,27H,4,7,10,14,21-22,24H2,1-2H3/b20-19+. The van der Waals surface area contributed by atoms with E-state index in [4.69, 9.17) is 14.2 Å². The molecule has 3 aromatic carbocycles. The predicted octanol–water partition coefficient (Wildman–Crippen LogP) is 6.70. The second-order valence-electron chi connectivity index (χ2n) is 8.98. The molecule has 0 saturated heterocycles. The van der Waals surface area contributed by atoms with Gasteiger partial charge in [0, 0.05) is 5.56 Å². The van der Waals surface area contributed by atoms with E-state index in [-0.39, 0.29) is 24.3 Å². The molecule has 0 aromatic heterocycles. The number of hydrogen-bond acceptors (Lipinski definition) is 5. The van der Waals surface area contributed by atoms with Crippen LogP contribution in [0.2, 0.25) is 0 Å². The minimum absolute atomic E-state index is 0.105. The number of carbonyl (C=O) groups excluding carboxylic acids is 2. The second kappa shape index (κ2) is 15.3. The summed E-state index contributed by atoms with van der Waals surface area (Å²) < 4.78 is 15.8. The fourth-order valence-electron chi connectivity index (χ4n) is 4.18. The monoisotopic (exact) mass is 500 g/mol. The maximum absolute atomic E-state index is 12.1. The zero-order valence-electron chi connectivity index (χ0n) is 21.7. The van der Waals surface area contributed by atoms with Crippen LogP contribution < -0.4 is 4.74 Å². The Kier molecular flexibility index (Phi) is 11.5. The number of hydrogen-bond donors (Lipinski definition) is 0. The number of methoxy groups -OCH3 is 2. The number of allylic oxidation sites excluding steroid dienone is 1. The number of para-hydroxylation sites is 1. The van der Waals surface area contributed by atoms with E-state index in [0.29, 0.717) is 18.6 Å². The molecule has 3 rings (SSSR count). The molecule has 5 heteroatoms. The molecule has 0 fully saturated rings. The average Bonchev–Trinajstić information content (AvgIpc) is 2.94. The topological polar surface area (TPSA) is 61.8 Å². The number of esters is 2. The number of aryl methyl sites for hydroxylation is 1. The lowest BCUT2D eigenvalue weighted by molar-refractivity contribution is -0.141. The molecule has 0 amide bonds. The van der Waals surface area contributed by atoms with E-state index in [1.54, 1.807) is 12.1 Å². The smallest absolute Gasteiger partial charge is 0.337 e. The summed E-state index contributed by atoms with van der Waals surface area (Å²) in [4.78, 5) is 24.0. The molecular formula is C32H36O5. The van der Waals surface area contributed by atoms with Crippen LogP contribution >= 0.6 is 0 Å². The van der Waals surface area contributed by atoms with Gasteiger partial charge in [-0.3, -0.25) is 4.79 Å². The quantitative estimate of drug-likeness (QED) is 0.182. The molecule has 1 unspecified atom stereocenters. The minimum atomic E-state index is -0.381. The lowest BCUT2D eigenvalue weighted by Gasteiger charge is -2.13. The highest BCUT2D eigenvalue weighted by Crippen LogP contribution is 2.23. The summed E-state index contributed by atoms with van der Waals surface area (Å²) in [7, 11) is 2.76.